The van der Waals surface area contributed by atoms with Gasteiger partial charge in [0, 0.05) is 23.9 Å². The molecule has 0 saturated carbocycles. The molecule has 0 saturated heterocycles. The lowest BCUT2D eigenvalue weighted by atomic mass is 10.1. The van der Waals surface area contributed by atoms with Crippen LogP contribution in [0.3, 0.4) is 0 Å². The number of benzene rings is 1. The highest BCUT2D eigenvalue weighted by molar-refractivity contribution is 5.50. The summed E-state index contributed by atoms with van der Waals surface area (Å²) in [6.45, 7) is 6.21. The fraction of sp³-hybridized carbons (Fsp3) is 0.500. The van der Waals surface area contributed by atoms with Crippen molar-refractivity contribution in [1.82, 2.24) is 0 Å². The van der Waals surface area contributed by atoms with Crippen LogP contribution in [0.25, 0.3) is 0 Å². The molecule has 0 spiro atoms. The predicted octanol–water partition coefficient (Wildman–Crippen LogP) is 3.58. The average molecular weight is 240 g/mol. The molecule has 1 rings (SSSR count). The third-order valence-electron chi connectivity index (χ3n) is 2.38. The minimum absolute atomic E-state index is 0.204. The molecular formula is C12H17FN2O2. The van der Waals surface area contributed by atoms with Crippen molar-refractivity contribution in [2.45, 2.75) is 33.2 Å². The minimum Gasteiger partial charge on any atom is -0.382 e. The number of nitro benzene ring substituents is 1. The van der Waals surface area contributed by atoms with Crippen LogP contribution in [0, 0.1) is 21.8 Å². The first-order valence-electron chi connectivity index (χ1n) is 5.60. The molecule has 94 valence electrons. The summed E-state index contributed by atoms with van der Waals surface area (Å²) in [5.41, 5.74) is 0.0771. The molecule has 0 aliphatic rings. The van der Waals surface area contributed by atoms with Crippen molar-refractivity contribution in [3.63, 3.8) is 0 Å². The van der Waals surface area contributed by atoms with Crippen LogP contribution >= 0.6 is 0 Å². The Bertz CT molecular complexity index is 407. The van der Waals surface area contributed by atoms with E-state index in [4.69, 9.17) is 0 Å². The van der Waals surface area contributed by atoms with Crippen molar-refractivity contribution >= 4 is 11.4 Å². The average Bonchev–Trinajstić information content (AvgIpc) is 2.15. The van der Waals surface area contributed by atoms with Crippen molar-refractivity contribution < 1.29 is 9.31 Å². The number of rotatable bonds is 5. The summed E-state index contributed by atoms with van der Waals surface area (Å²) in [5, 5.41) is 13.6. The van der Waals surface area contributed by atoms with Crippen LogP contribution in [-0.2, 0) is 0 Å². The van der Waals surface area contributed by atoms with Gasteiger partial charge in [0.25, 0.3) is 0 Å². The fourth-order valence-electron chi connectivity index (χ4n) is 1.80. The van der Waals surface area contributed by atoms with Gasteiger partial charge in [0.05, 0.1) is 4.92 Å². The molecule has 1 N–H and O–H groups in total. The van der Waals surface area contributed by atoms with Crippen LogP contribution in [0.4, 0.5) is 15.8 Å². The zero-order chi connectivity index (χ0) is 13.0. The molecule has 0 heterocycles. The predicted molar refractivity (Wildman–Crippen MR) is 65.6 cm³/mol. The Kier molecular flexibility index (Phi) is 4.43. The third kappa shape index (κ3) is 4.01. The molecule has 0 bridgehead atoms. The molecule has 0 aliphatic carbocycles. The van der Waals surface area contributed by atoms with Crippen LogP contribution in [0.1, 0.15) is 27.2 Å². The van der Waals surface area contributed by atoms with Gasteiger partial charge in [0.15, 0.2) is 0 Å². The highest BCUT2D eigenvalue weighted by atomic mass is 19.1. The maximum atomic E-state index is 13.3. The van der Waals surface area contributed by atoms with Crippen LogP contribution in [0.2, 0.25) is 0 Å². The SMILES string of the molecule is CC(C)CC(C)Nc1ccc([N+](=O)[O-])c(F)c1. The maximum absolute atomic E-state index is 13.3. The molecule has 1 unspecified atom stereocenters. The van der Waals surface area contributed by atoms with E-state index < -0.39 is 16.4 Å². The smallest absolute Gasteiger partial charge is 0.304 e. The maximum Gasteiger partial charge on any atom is 0.304 e. The number of nitro groups is 1. The topological polar surface area (TPSA) is 55.2 Å². The van der Waals surface area contributed by atoms with Crippen molar-refractivity contribution in [2.24, 2.45) is 5.92 Å². The van der Waals surface area contributed by atoms with Crippen molar-refractivity contribution in [1.29, 1.82) is 0 Å². The molecule has 4 nitrogen and oxygen atoms in total. The Morgan fingerprint density at radius 1 is 1.41 bits per heavy atom. The van der Waals surface area contributed by atoms with E-state index in [0.29, 0.717) is 11.6 Å². The highest BCUT2D eigenvalue weighted by Crippen LogP contribution is 2.22. The van der Waals surface area contributed by atoms with Crippen molar-refractivity contribution in [3.05, 3.63) is 34.1 Å². The molecule has 1 aromatic rings. The monoisotopic (exact) mass is 240 g/mol. The summed E-state index contributed by atoms with van der Waals surface area (Å²) < 4.78 is 13.3. The third-order valence-corrected chi connectivity index (χ3v) is 2.38. The largest absolute Gasteiger partial charge is 0.382 e. The standard InChI is InChI=1S/C12H17FN2O2/c1-8(2)6-9(3)14-10-4-5-12(15(16)17)11(13)7-10/h4-5,7-9,14H,6H2,1-3H3. The molecule has 1 atom stereocenters. The summed E-state index contributed by atoms with van der Waals surface area (Å²) in [4.78, 5) is 9.72. The van der Waals surface area contributed by atoms with E-state index in [1.807, 2.05) is 6.92 Å². The summed E-state index contributed by atoms with van der Waals surface area (Å²) in [5.74, 6) is -0.267. The number of nitrogens with one attached hydrogen (secondary N) is 1. The Morgan fingerprint density at radius 2 is 2.06 bits per heavy atom. The van der Waals surface area contributed by atoms with Gasteiger partial charge >= 0.3 is 5.69 Å². The minimum atomic E-state index is -0.809. The number of halogens is 1. The lowest BCUT2D eigenvalue weighted by molar-refractivity contribution is -0.387. The Hall–Kier alpha value is -1.65. The first-order chi connectivity index (χ1) is 7.90. The molecule has 0 aromatic heterocycles. The normalized spacial score (nSPS) is 12.5. The molecule has 0 amide bonds. The van der Waals surface area contributed by atoms with Crippen LogP contribution in [-0.4, -0.2) is 11.0 Å². The summed E-state index contributed by atoms with van der Waals surface area (Å²) in [6, 6.07) is 4.07. The molecule has 0 radical (unpaired) electrons. The summed E-state index contributed by atoms with van der Waals surface area (Å²) >= 11 is 0. The number of anilines is 1. The lowest BCUT2D eigenvalue weighted by Crippen LogP contribution is -2.17. The molecule has 5 heteroatoms. The zero-order valence-electron chi connectivity index (χ0n) is 10.2. The van der Waals surface area contributed by atoms with Crippen LogP contribution in [0.5, 0.6) is 0 Å². The van der Waals surface area contributed by atoms with E-state index >= 15 is 0 Å². The molecular weight excluding hydrogens is 223 g/mol. The Balaban J connectivity index is 2.74. The second kappa shape index (κ2) is 5.61. The second-order valence-corrected chi connectivity index (χ2v) is 4.60. The van der Waals surface area contributed by atoms with Gasteiger partial charge in [-0.2, -0.15) is 4.39 Å². The Morgan fingerprint density at radius 3 is 2.53 bits per heavy atom. The number of hydrogen-bond acceptors (Lipinski definition) is 3. The van der Waals surface area contributed by atoms with Crippen molar-refractivity contribution in [3.8, 4) is 0 Å². The van der Waals surface area contributed by atoms with Gasteiger partial charge in [-0.15, -0.1) is 0 Å². The second-order valence-electron chi connectivity index (χ2n) is 4.60. The Labute approximate surface area is 100.0 Å². The molecule has 0 fully saturated rings. The van der Waals surface area contributed by atoms with Crippen molar-refractivity contribution in [2.75, 3.05) is 5.32 Å². The van der Waals surface area contributed by atoms with Crippen LogP contribution < -0.4 is 5.32 Å². The van der Waals surface area contributed by atoms with Gasteiger partial charge in [0.2, 0.25) is 5.82 Å². The van der Waals surface area contributed by atoms with E-state index in [1.54, 1.807) is 0 Å². The zero-order valence-corrected chi connectivity index (χ0v) is 10.2. The number of hydrogen-bond donors (Lipinski definition) is 1. The number of nitrogens with zero attached hydrogens (tertiary/aromatic N) is 1. The van der Waals surface area contributed by atoms with Crippen LogP contribution in [0.15, 0.2) is 18.2 Å². The lowest BCUT2D eigenvalue weighted by Gasteiger charge is -2.17. The van der Waals surface area contributed by atoms with Gasteiger partial charge in [0.1, 0.15) is 0 Å². The quantitative estimate of drug-likeness (QED) is 0.632. The first kappa shape index (κ1) is 13.4. The van der Waals surface area contributed by atoms with Gasteiger partial charge < -0.3 is 5.32 Å². The highest BCUT2D eigenvalue weighted by Gasteiger charge is 2.14. The summed E-state index contributed by atoms with van der Waals surface area (Å²) in [6.07, 6.45) is 0.957. The van der Waals surface area contributed by atoms with E-state index in [2.05, 4.69) is 19.2 Å². The fourth-order valence-corrected chi connectivity index (χ4v) is 1.80. The van der Waals surface area contributed by atoms with Gasteiger partial charge in [-0.3, -0.25) is 10.1 Å². The molecule has 17 heavy (non-hydrogen) atoms. The van der Waals surface area contributed by atoms with Gasteiger partial charge in [-0.1, -0.05) is 13.8 Å². The van der Waals surface area contributed by atoms with E-state index in [-0.39, 0.29) is 6.04 Å². The first-order valence-corrected chi connectivity index (χ1v) is 5.60. The summed E-state index contributed by atoms with van der Waals surface area (Å²) in [7, 11) is 0. The van der Waals surface area contributed by atoms with Gasteiger partial charge in [-0.05, 0) is 25.3 Å². The van der Waals surface area contributed by atoms with Gasteiger partial charge in [-0.25, -0.2) is 0 Å². The molecule has 0 aliphatic heterocycles. The van der Waals surface area contributed by atoms with E-state index in [1.165, 1.54) is 12.1 Å². The molecule has 1 aromatic carbocycles. The van der Waals surface area contributed by atoms with E-state index in [0.717, 1.165) is 12.5 Å². The van der Waals surface area contributed by atoms with E-state index in [9.17, 15) is 14.5 Å².